The monoisotopic (exact) mass is 762 g/mol. The summed E-state index contributed by atoms with van der Waals surface area (Å²) < 4.78 is 0. The zero-order valence-electron chi connectivity index (χ0n) is 36.4. The summed E-state index contributed by atoms with van der Waals surface area (Å²) >= 11 is 0. The topological polar surface area (TPSA) is 89.8 Å². The Kier molecular flexibility index (Phi) is 43.6. The third kappa shape index (κ3) is 40.5. The average Bonchev–Trinajstić information content (AvgIpc) is 3.16. The third-order valence-electron chi connectivity index (χ3n) is 11.2. The van der Waals surface area contributed by atoms with Gasteiger partial charge in [-0.05, 0) is 32.1 Å². The zero-order chi connectivity index (χ0) is 39.4. The average molecular weight is 762 g/mol. The molecule has 0 aromatic heterocycles. The molecule has 0 aliphatic rings. The molecule has 0 aromatic carbocycles. The summed E-state index contributed by atoms with van der Waals surface area (Å²) in [5.41, 5.74) is 0. The summed E-state index contributed by atoms with van der Waals surface area (Å²) in [5, 5.41) is 33.2. The highest BCUT2D eigenvalue weighted by molar-refractivity contribution is 5.76. The highest BCUT2D eigenvalue weighted by Gasteiger charge is 2.20. The van der Waals surface area contributed by atoms with Gasteiger partial charge in [0.1, 0.15) is 0 Å². The van der Waals surface area contributed by atoms with Gasteiger partial charge in [0.2, 0.25) is 5.91 Å². The quantitative estimate of drug-likeness (QED) is 0.0368. The van der Waals surface area contributed by atoms with Gasteiger partial charge in [-0.1, -0.05) is 244 Å². The van der Waals surface area contributed by atoms with Gasteiger partial charge in [-0.2, -0.15) is 0 Å². The van der Waals surface area contributed by atoms with E-state index in [0.29, 0.717) is 6.42 Å². The zero-order valence-corrected chi connectivity index (χ0v) is 36.4. The summed E-state index contributed by atoms with van der Waals surface area (Å²) in [6.07, 6.45) is 54.8. The fraction of sp³-hybridized carbons (Fsp3) is 0.898. The summed E-state index contributed by atoms with van der Waals surface area (Å²) in [6, 6.07) is -0.757. The maximum absolute atomic E-state index is 12.4. The molecule has 0 heterocycles. The molecule has 320 valence electrons. The van der Waals surface area contributed by atoms with Crippen LogP contribution < -0.4 is 5.32 Å². The fourth-order valence-corrected chi connectivity index (χ4v) is 7.53. The number of hydrogen-bond acceptors (Lipinski definition) is 4. The van der Waals surface area contributed by atoms with Crippen LogP contribution in [0.5, 0.6) is 0 Å². The lowest BCUT2D eigenvalue weighted by molar-refractivity contribution is -0.124. The van der Waals surface area contributed by atoms with Gasteiger partial charge in [-0.15, -0.1) is 0 Å². The first-order valence-corrected chi connectivity index (χ1v) is 24.1. The summed E-state index contributed by atoms with van der Waals surface area (Å²) in [4.78, 5) is 12.4. The lowest BCUT2D eigenvalue weighted by atomic mass is 10.0. The van der Waals surface area contributed by atoms with E-state index in [0.717, 1.165) is 32.1 Å². The van der Waals surface area contributed by atoms with E-state index in [9.17, 15) is 20.1 Å². The predicted molar refractivity (Wildman–Crippen MR) is 236 cm³/mol. The van der Waals surface area contributed by atoms with Crippen LogP contribution in [0.25, 0.3) is 0 Å². The van der Waals surface area contributed by atoms with E-state index in [4.69, 9.17) is 0 Å². The van der Waals surface area contributed by atoms with Gasteiger partial charge in [0.05, 0.1) is 31.3 Å². The van der Waals surface area contributed by atoms with E-state index in [1.165, 1.54) is 199 Å². The molecule has 5 nitrogen and oxygen atoms in total. The van der Waals surface area contributed by atoms with Crippen molar-refractivity contribution < 1.29 is 20.1 Å². The fourth-order valence-electron chi connectivity index (χ4n) is 7.53. The molecule has 0 spiro atoms. The standard InChI is InChI=1S/C49H95NO4/c1-3-5-7-9-11-13-15-17-19-20-21-22-23-24-25-26-27-28-29-31-33-35-37-39-41-43-48(53)47(45-51)50-49(54)44-46(52)42-40-38-36-34-32-30-18-16-14-12-10-8-6-4-2/h33,35,41,43,46-48,51-53H,3-32,34,36-40,42,44-45H2,1-2H3,(H,50,54)/b35-33+,43-41+. The van der Waals surface area contributed by atoms with Crippen molar-refractivity contribution in [2.75, 3.05) is 6.61 Å². The van der Waals surface area contributed by atoms with Crippen molar-refractivity contribution in [1.82, 2.24) is 5.32 Å². The molecule has 4 N–H and O–H groups in total. The van der Waals surface area contributed by atoms with Gasteiger partial charge in [0.25, 0.3) is 0 Å². The third-order valence-corrected chi connectivity index (χ3v) is 11.2. The van der Waals surface area contributed by atoms with Crippen LogP contribution in [-0.4, -0.2) is 46.1 Å². The van der Waals surface area contributed by atoms with Gasteiger partial charge < -0.3 is 20.6 Å². The number of carbonyl (C=O) groups is 1. The van der Waals surface area contributed by atoms with Gasteiger partial charge in [-0.25, -0.2) is 0 Å². The van der Waals surface area contributed by atoms with Crippen LogP contribution in [0.3, 0.4) is 0 Å². The van der Waals surface area contributed by atoms with Gasteiger partial charge in [0.15, 0.2) is 0 Å². The Hall–Kier alpha value is -1.17. The minimum Gasteiger partial charge on any atom is -0.394 e. The van der Waals surface area contributed by atoms with Crippen molar-refractivity contribution in [3.8, 4) is 0 Å². The molecule has 3 atom stereocenters. The van der Waals surface area contributed by atoms with Crippen LogP contribution >= 0.6 is 0 Å². The maximum Gasteiger partial charge on any atom is 0.222 e. The normalized spacial score (nSPS) is 13.6. The van der Waals surface area contributed by atoms with Gasteiger partial charge in [0, 0.05) is 0 Å². The highest BCUT2D eigenvalue weighted by Crippen LogP contribution is 2.16. The number of aliphatic hydroxyl groups excluding tert-OH is 3. The number of rotatable bonds is 44. The molecule has 0 aromatic rings. The molecule has 1 amide bonds. The van der Waals surface area contributed by atoms with Crippen molar-refractivity contribution in [2.45, 2.75) is 276 Å². The molecular weight excluding hydrogens is 667 g/mol. The molecular formula is C49H95NO4. The van der Waals surface area contributed by atoms with E-state index in [2.05, 4.69) is 31.3 Å². The summed E-state index contributed by atoms with van der Waals surface area (Å²) in [5.74, 6) is -0.322. The number of aliphatic hydroxyl groups is 3. The Morgan fingerprint density at radius 1 is 0.463 bits per heavy atom. The number of nitrogens with one attached hydrogen (secondary N) is 1. The van der Waals surface area contributed by atoms with Gasteiger partial charge in [-0.3, -0.25) is 4.79 Å². The Morgan fingerprint density at radius 3 is 1.19 bits per heavy atom. The van der Waals surface area contributed by atoms with Crippen LogP contribution in [-0.2, 0) is 4.79 Å². The van der Waals surface area contributed by atoms with Crippen molar-refractivity contribution >= 4 is 5.91 Å². The first-order chi connectivity index (χ1) is 26.5. The molecule has 54 heavy (non-hydrogen) atoms. The van der Waals surface area contributed by atoms with Crippen LogP contribution in [0.4, 0.5) is 0 Å². The van der Waals surface area contributed by atoms with E-state index in [-0.39, 0.29) is 18.9 Å². The van der Waals surface area contributed by atoms with E-state index in [1.807, 2.05) is 6.08 Å². The second kappa shape index (κ2) is 44.5. The summed E-state index contributed by atoms with van der Waals surface area (Å²) in [6.45, 7) is 4.22. The van der Waals surface area contributed by atoms with Crippen LogP contribution in [0, 0.1) is 0 Å². The molecule has 0 saturated carbocycles. The number of hydrogen-bond donors (Lipinski definition) is 4. The molecule has 3 unspecified atom stereocenters. The largest absolute Gasteiger partial charge is 0.394 e. The number of carbonyl (C=O) groups excluding carboxylic acids is 1. The Labute approximate surface area is 337 Å². The Balaban J connectivity index is 3.63. The van der Waals surface area contributed by atoms with E-state index in [1.54, 1.807) is 6.08 Å². The minimum absolute atomic E-state index is 0.00960. The van der Waals surface area contributed by atoms with Gasteiger partial charge >= 0.3 is 0 Å². The Bertz CT molecular complexity index is 799. The number of allylic oxidation sites excluding steroid dienone is 3. The lowest BCUT2D eigenvalue weighted by Gasteiger charge is -2.21. The second-order valence-corrected chi connectivity index (χ2v) is 16.7. The van der Waals surface area contributed by atoms with E-state index >= 15 is 0 Å². The molecule has 0 fully saturated rings. The number of unbranched alkanes of at least 4 members (excludes halogenated alkanes) is 33. The highest BCUT2D eigenvalue weighted by atomic mass is 16.3. The van der Waals surface area contributed by atoms with Crippen molar-refractivity contribution in [2.24, 2.45) is 0 Å². The lowest BCUT2D eigenvalue weighted by Crippen LogP contribution is -2.45. The van der Waals surface area contributed by atoms with Crippen molar-refractivity contribution in [3.63, 3.8) is 0 Å². The smallest absolute Gasteiger partial charge is 0.222 e. The van der Waals surface area contributed by atoms with Crippen molar-refractivity contribution in [1.29, 1.82) is 0 Å². The Morgan fingerprint density at radius 2 is 0.796 bits per heavy atom. The van der Waals surface area contributed by atoms with Crippen LogP contribution in [0.2, 0.25) is 0 Å². The molecule has 0 rings (SSSR count). The van der Waals surface area contributed by atoms with Crippen molar-refractivity contribution in [3.05, 3.63) is 24.3 Å². The van der Waals surface area contributed by atoms with Crippen LogP contribution in [0.1, 0.15) is 258 Å². The molecule has 0 saturated heterocycles. The first-order valence-electron chi connectivity index (χ1n) is 24.1. The molecule has 0 aliphatic carbocycles. The van der Waals surface area contributed by atoms with Crippen LogP contribution in [0.15, 0.2) is 24.3 Å². The molecule has 0 bridgehead atoms. The minimum atomic E-state index is -0.949. The number of amides is 1. The second-order valence-electron chi connectivity index (χ2n) is 16.7. The maximum atomic E-state index is 12.4. The SMILES string of the molecule is CCCCCCCCCCCCCCCCCCCCC/C=C/CC/C=C/C(O)C(CO)NC(=O)CC(O)CCCCCCCCCCCCCCCC. The summed E-state index contributed by atoms with van der Waals surface area (Å²) in [7, 11) is 0. The molecule has 0 radical (unpaired) electrons. The first kappa shape index (κ1) is 52.8. The molecule has 5 heteroatoms. The van der Waals surface area contributed by atoms with E-state index < -0.39 is 18.2 Å². The predicted octanol–water partition coefficient (Wildman–Crippen LogP) is 14.2. The molecule has 0 aliphatic heterocycles.